The van der Waals surface area contributed by atoms with E-state index < -0.39 is 0 Å². The molecule has 17 heavy (non-hydrogen) atoms. The molecule has 1 aromatic heterocycles. The first-order valence-electron chi connectivity index (χ1n) is 6.38. The number of aryl methyl sites for hydroxylation is 2. The zero-order valence-electron chi connectivity index (χ0n) is 10.6. The van der Waals surface area contributed by atoms with E-state index in [1.165, 1.54) is 17.7 Å². The largest absolute Gasteiger partial charge is 0.378 e. The molecule has 1 unspecified atom stereocenters. The molecule has 2 rings (SSSR count). The van der Waals surface area contributed by atoms with Gasteiger partial charge in [-0.1, -0.05) is 0 Å². The van der Waals surface area contributed by atoms with Crippen LogP contribution >= 0.6 is 11.3 Å². The van der Waals surface area contributed by atoms with E-state index >= 15 is 0 Å². The summed E-state index contributed by atoms with van der Waals surface area (Å²) in [4.78, 5) is 14.2. The van der Waals surface area contributed by atoms with Crippen LogP contribution in [0.4, 0.5) is 0 Å². The minimum absolute atomic E-state index is 0.287. The van der Waals surface area contributed by atoms with Gasteiger partial charge in [-0.25, -0.2) is 0 Å². The average molecular weight is 252 g/mol. The molecule has 1 atom stereocenters. The summed E-state index contributed by atoms with van der Waals surface area (Å²) in [5, 5.41) is 0. The van der Waals surface area contributed by atoms with Crippen LogP contribution in [-0.4, -0.2) is 18.5 Å². The van der Waals surface area contributed by atoms with Gasteiger partial charge in [0.05, 0.1) is 11.0 Å². The minimum Gasteiger partial charge on any atom is -0.378 e. The van der Waals surface area contributed by atoms with E-state index in [1.54, 1.807) is 11.3 Å². The number of hydrogen-bond acceptors (Lipinski definition) is 3. The maximum Gasteiger partial charge on any atom is 0.173 e. The Kier molecular flexibility index (Phi) is 4.35. The van der Waals surface area contributed by atoms with E-state index in [-0.39, 0.29) is 5.78 Å². The molecule has 1 saturated heterocycles. The fourth-order valence-electron chi connectivity index (χ4n) is 2.36. The molecule has 2 heterocycles. The second-order valence-corrected chi connectivity index (χ2v) is 6.08. The molecule has 0 amide bonds. The van der Waals surface area contributed by atoms with Gasteiger partial charge >= 0.3 is 0 Å². The van der Waals surface area contributed by atoms with E-state index in [2.05, 4.69) is 13.0 Å². The highest BCUT2D eigenvalue weighted by atomic mass is 32.1. The van der Waals surface area contributed by atoms with Crippen LogP contribution in [0.2, 0.25) is 0 Å². The second kappa shape index (κ2) is 5.78. The molecule has 1 aliphatic rings. The molecule has 1 aromatic rings. The van der Waals surface area contributed by atoms with Gasteiger partial charge < -0.3 is 4.74 Å². The Balaban J connectivity index is 1.86. The van der Waals surface area contributed by atoms with Crippen molar-refractivity contribution in [2.75, 3.05) is 6.61 Å². The lowest BCUT2D eigenvalue weighted by molar-refractivity contribution is 0.0105. The Morgan fingerprint density at radius 3 is 2.88 bits per heavy atom. The van der Waals surface area contributed by atoms with Crippen molar-refractivity contribution >= 4 is 17.1 Å². The zero-order chi connectivity index (χ0) is 12.3. The SMILES string of the molecule is Cc1cc(C)c(C(=O)CCC2CCCCO2)s1. The predicted molar refractivity (Wildman–Crippen MR) is 70.9 cm³/mol. The maximum absolute atomic E-state index is 12.1. The first kappa shape index (κ1) is 12.8. The third kappa shape index (κ3) is 3.39. The van der Waals surface area contributed by atoms with Crippen LogP contribution in [0.3, 0.4) is 0 Å². The van der Waals surface area contributed by atoms with Crippen molar-refractivity contribution < 1.29 is 9.53 Å². The molecule has 0 aromatic carbocycles. The first-order valence-corrected chi connectivity index (χ1v) is 7.20. The Morgan fingerprint density at radius 2 is 2.29 bits per heavy atom. The molecular formula is C14H20O2S. The molecule has 94 valence electrons. The van der Waals surface area contributed by atoms with Crippen LogP contribution in [0.5, 0.6) is 0 Å². The molecule has 0 spiro atoms. The van der Waals surface area contributed by atoms with Gasteiger partial charge in [0.25, 0.3) is 0 Å². The average Bonchev–Trinajstić information content (AvgIpc) is 2.67. The predicted octanol–water partition coefficient (Wildman–Crippen LogP) is 3.90. The van der Waals surface area contributed by atoms with Crippen LogP contribution < -0.4 is 0 Å². The highest BCUT2D eigenvalue weighted by Gasteiger charge is 2.17. The normalized spacial score (nSPS) is 20.5. The lowest BCUT2D eigenvalue weighted by Gasteiger charge is -2.22. The van der Waals surface area contributed by atoms with Crippen molar-refractivity contribution in [1.29, 1.82) is 0 Å². The molecular weight excluding hydrogens is 232 g/mol. The van der Waals surface area contributed by atoms with Crippen LogP contribution in [0, 0.1) is 13.8 Å². The molecule has 3 heteroatoms. The van der Waals surface area contributed by atoms with Gasteiger partial charge in [-0.3, -0.25) is 4.79 Å². The number of ketones is 1. The summed E-state index contributed by atoms with van der Waals surface area (Å²) in [5.41, 5.74) is 1.13. The number of rotatable bonds is 4. The van der Waals surface area contributed by atoms with Gasteiger partial charge in [0.15, 0.2) is 5.78 Å². The molecule has 2 nitrogen and oxygen atoms in total. The third-order valence-corrected chi connectivity index (χ3v) is 4.46. The van der Waals surface area contributed by atoms with Crippen molar-refractivity contribution in [3.63, 3.8) is 0 Å². The smallest absolute Gasteiger partial charge is 0.173 e. The Hall–Kier alpha value is -0.670. The van der Waals surface area contributed by atoms with Crippen LogP contribution in [-0.2, 0) is 4.74 Å². The number of hydrogen-bond donors (Lipinski definition) is 0. The quantitative estimate of drug-likeness (QED) is 0.760. The van der Waals surface area contributed by atoms with Gasteiger partial charge in [0, 0.05) is 17.9 Å². The van der Waals surface area contributed by atoms with E-state index in [0.29, 0.717) is 12.5 Å². The first-order chi connectivity index (χ1) is 8.16. The van der Waals surface area contributed by atoms with Gasteiger partial charge in [0.1, 0.15) is 0 Å². The standard InChI is InChI=1S/C14H20O2S/c1-10-9-11(2)17-14(10)13(15)7-6-12-5-3-4-8-16-12/h9,12H,3-8H2,1-2H3. The molecule has 0 bridgehead atoms. The lowest BCUT2D eigenvalue weighted by atomic mass is 10.0. The number of carbonyl (C=O) groups excluding carboxylic acids is 1. The number of carbonyl (C=O) groups is 1. The van der Waals surface area contributed by atoms with E-state index in [0.717, 1.165) is 29.9 Å². The van der Waals surface area contributed by atoms with Crippen molar-refractivity contribution in [3.8, 4) is 0 Å². The molecule has 0 aliphatic carbocycles. The second-order valence-electron chi connectivity index (χ2n) is 4.82. The lowest BCUT2D eigenvalue weighted by Crippen LogP contribution is -2.19. The fourth-order valence-corrected chi connectivity index (χ4v) is 3.35. The van der Waals surface area contributed by atoms with E-state index in [4.69, 9.17) is 4.74 Å². The summed E-state index contributed by atoms with van der Waals surface area (Å²) in [6, 6.07) is 2.09. The summed E-state index contributed by atoms with van der Waals surface area (Å²) in [7, 11) is 0. The van der Waals surface area contributed by atoms with Gasteiger partial charge in [-0.15, -0.1) is 11.3 Å². The van der Waals surface area contributed by atoms with E-state index in [1.807, 2.05) is 6.92 Å². The van der Waals surface area contributed by atoms with Crippen molar-refractivity contribution in [2.45, 2.75) is 52.1 Å². The van der Waals surface area contributed by atoms with Crippen molar-refractivity contribution in [2.24, 2.45) is 0 Å². The molecule has 1 fully saturated rings. The highest BCUT2D eigenvalue weighted by molar-refractivity contribution is 7.14. The Morgan fingerprint density at radius 1 is 1.47 bits per heavy atom. The number of ether oxygens (including phenoxy) is 1. The van der Waals surface area contributed by atoms with Crippen LogP contribution in [0.25, 0.3) is 0 Å². The molecule has 1 aliphatic heterocycles. The zero-order valence-corrected chi connectivity index (χ0v) is 11.4. The van der Waals surface area contributed by atoms with Crippen molar-refractivity contribution in [1.82, 2.24) is 0 Å². The van der Waals surface area contributed by atoms with Gasteiger partial charge in [-0.05, 0) is 51.2 Å². The van der Waals surface area contributed by atoms with Crippen LogP contribution in [0.1, 0.15) is 52.2 Å². The summed E-state index contributed by atoms with van der Waals surface area (Å²) in [5.74, 6) is 0.287. The topological polar surface area (TPSA) is 26.3 Å². The number of Topliss-reactive ketones (excluding diaryl/α,β-unsaturated/α-hetero) is 1. The van der Waals surface area contributed by atoms with Crippen LogP contribution in [0.15, 0.2) is 6.07 Å². The molecule has 0 N–H and O–H groups in total. The Bertz CT molecular complexity index is 389. The summed E-state index contributed by atoms with van der Waals surface area (Å²) in [6.07, 6.45) is 5.37. The summed E-state index contributed by atoms with van der Waals surface area (Å²) >= 11 is 1.62. The van der Waals surface area contributed by atoms with E-state index in [9.17, 15) is 4.79 Å². The van der Waals surface area contributed by atoms with Gasteiger partial charge in [0.2, 0.25) is 0 Å². The molecule has 0 saturated carbocycles. The fraction of sp³-hybridized carbons (Fsp3) is 0.643. The Labute approximate surface area is 107 Å². The highest BCUT2D eigenvalue weighted by Crippen LogP contribution is 2.24. The minimum atomic E-state index is 0.287. The molecule has 0 radical (unpaired) electrons. The summed E-state index contributed by atoms with van der Waals surface area (Å²) in [6.45, 7) is 4.95. The number of thiophene rings is 1. The van der Waals surface area contributed by atoms with Gasteiger partial charge in [-0.2, -0.15) is 0 Å². The third-order valence-electron chi connectivity index (χ3n) is 3.26. The van der Waals surface area contributed by atoms with Crippen molar-refractivity contribution in [3.05, 3.63) is 21.4 Å². The monoisotopic (exact) mass is 252 g/mol. The summed E-state index contributed by atoms with van der Waals surface area (Å²) < 4.78 is 5.65. The maximum atomic E-state index is 12.1.